The van der Waals surface area contributed by atoms with Crippen LogP contribution in [0, 0.1) is 10.1 Å². The van der Waals surface area contributed by atoms with Gasteiger partial charge in [0.2, 0.25) is 5.04 Å². The summed E-state index contributed by atoms with van der Waals surface area (Å²) in [6, 6.07) is 6.30. The molecule has 1 aliphatic rings. The zero-order chi connectivity index (χ0) is 15.2. The predicted octanol–water partition coefficient (Wildman–Crippen LogP) is 2.36. The molecular weight excluding hydrogens is 292 g/mol. The lowest BCUT2D eigenvalue weighted by atomic mass is 10.1. The maximum Gasteiger partial charge on any atom is 0.314 e. The van der Waals surface area contributed by atoms with Crippen LogP contribution in [0.15, 0.2) is 24.3 Å². The Morgan fingerprint density at radius 3 is 2.38 bits per heavy atom. The Bertz CT molecular complexity index is 561. The number of piperidine rings is 1. The standard InChI is InChI=1S/C14H16N2O4S/c17-13(18)10-21-14(15-8-2-1-3-9-15)11-4-6-12(7-5-11)16(19)20/h4-7H,1-3,8-10H2/p+1. The van der Waals surface area contributed by atoms with Crippen molar-refractivity contribution >= 4 is 28.5 Å². The fraction of sp³-hybridized carbons (Fsp3) is 0.429. The van der Waals surface area contributed by atoms with Gasteiger partial charge in [0.05, 0.1) is 10.5 Å². The van der Waals surface area contributed by atoms with Gasteiger partial charge in [-0.1, -0.05) is 0 Å². The Labute approximate surface area is 126 Å². The minimum absolute atomic E-state index is 0.0111. The van der Waals surface area contributed by atoms with Gasteiger partial charge in [0.15, 0.2) is 0 Å². The van der Waals surface area contributed by atoms with Crippen molar-refractivity contribution in [3.05, 3.63) is 39.9 Å². The van der Waals surface area contributed by atoms with Gasteiger partial charge in [-0.2, -0.15) is 0 Å². The zero-order valence-corrected chi connectivity index (χ0v) is 12.3. The van der Waals surface area contributed by atoms with Gasteiger partial charge in [-0.05, 0) is 30.3 Å². The molecule has 1 N–H and O–H groups in total. The third-order valence-electron chi connectivity index (χ3n) is 3.30. The molecule has 21 heavy (non-hydrogen) atoms. The van der Waals surface area contributed by atoms with Crippen LogP contribution >= 0.6 is 11.8 Å². The van der Waals surface area contributed by atoms with Gasteiger partial charge in [0.1, 0.15) is 18.8 Å². The number of carbonyl (C=O) groups is 1. The lowest BCUT2D eigenvalue weighted by Gasteiger charge is -2.13. The molecule has 1 aromatic carbocycles. The number of carboxylic acid groups (broad SMARTS) is 1. The number of nitro benzene ring substituents is 1. The Morgan fingerprint density at radius 2 is 1.86 bits per heavy atom. The molecule has 112 valence electrons. The van der Waals surface area contributed by atoms with E-state index in [0.717, 1.165) is 36.5 Å². The first kappa shape index (κ1) is 15.5. The second kappa shape index (κ2) is 7.21. The molecule has 6 nitrogen and oxygen atoms in total. The smallest absolute Gasteiger partial charge is 0.314 e. The first-order valence-electron chi connectivity index (χ1n) is 6.79. The number of aliphatic carboxylic acids is 1. The molecule has 0 radical (unpaired) electrons. The van der Waals surface area contributed by atoms with E-state index in [9.17, 15) is 14.9 Å². The van der Waals surface area contributed by atoms with E-state index in [1.165, 1.54) is 30.3 Å². The predicted molar refractivity (Wildman–Crippen MR) is 81.1 cm³/mol. The summed E-state index contributed by atoms with van der Waals surface area (Å²) >= 11 is 1.28. The maximum absolute atomic E-state index is 10.8. The Hall–Kier alpha value is -1.89. The molecule has 1 saturated heterocycles. The summed E-state index contributed by atoms with van der Waals surface area (Å²) in [6.07, 6.45) is 3.36. The molecule has 1 fully saturated rings. The Morgan fingerprint density at radius 1 is 1.24 bits per heavy atom. The number of nitrogens with zero attached hydrogens (tertiary/aromatic N) is 2. The molecule has 0 unspecified atom stereocenters. The minimum atomic E-state index is -0.864. The van der Waals surface area contributed by atoms with Gasteiger partial charge < -0.3 is 5.11 Å². The molecule has 0 spiro atoms. The van der Waals surface area contributed by atoms with Crippen molar-refractivity contribution in [2.45, 2.75) is 19.3 Å². The number of thioether (sulfide) groups is 1. The van der Waals surface area contributed by atoms with Gasteiger partial charge in [-0.15, -0.1) is 0 Å². The average molecular weight is 309 g/mol. The monoisotopic (exact) mass is 309 g/mol. The average Bonchev–Trinajstić information content (AvgIpc) is 2.49. The molecule has 0 atom stereocenters. The first-order valence-corrected chi connectivity index (χ1v) is 7.78. The fourth-order valence-electron chi connectivity index (χ4n) is 2.31. The Kier molecular flexibility index (Phi) is 5.32. The minimum Gasteiger partial charge on any atom is -0.481 e. The molecule has 0 saturated carbocycles. The van der Waals surface area contributed by atoms with Gasteiger partial charge in [0.25, 0.3) is 5.69 Å². The number of hydrogen-bond acceptors (Lipinski definition) is 4. The van der Waals surface area contributed by atoms with Gasteiger partial charge >= 0.3 is 5.97 Å². The second-order valence-corrected chi connectivity index (χ2v) is 5.80. The van der Waals surface area contributed by atoms with Gasteiger partial charge in [0, 0.05) is 25.0 Å². The maximum atomic E-state index is 10.8. The van der Waals surface area contributed by atoms with Crippen LogP contribution in [0.25, 0.3) is 0 Å². The number of hydrogen-bond donors (Lipinski definition) is 1. The molecular formula is C14H17N2O4S+. The van der Waals surface area contributed by atoms with Gasteiger partial charge in [-0.25, -0.2) is 4.58 Å². The molecule has 0 amide bonds. The van der Waals surface area contributed by atoms with E-state index < -0.39 is 10.9 Å². The van der Waals surface area contributed by atoms with Crippen molar-refractivity contribution < 1.29 is 19.4 Å². The van der Waals surface area contributed by atoms with Gasteiger partial charge in [-0.3, -0.25) is 14.9 Å². The molecule has 7 heteroatoms. The van der Waals surface area contributed by atoms with Crippen LogP contribution < -0.4 is 0 Å². The van der Waals surface area contributed by atoms with Crippen molar-refractivity contribution in [2.24, 2.45) is 0 Å². The van der Waals surface area contributed by atoms with E-state index in [2.05, 4.69) is 4.58 Å². The summed E-state index contributed by atoms with van der Waals surface area (Å²) < 4.78 is 2.18. The topological polar surface area (TPSA) is 83.5 Å². The third-order valence-corrected chi connectivity index (χ3v) is 4.46. The number of benzene rings is 1. The Balaban J connectivity index is 2.29. The van der Waals surface area contributed by atoms with Crippen molar-refractivity contribution in [1.82, 2.24) is 0 Å². The zero-order valence-electron chi connectivity index (χ0n) is 11.5. The third kappa shape index (κ3) is 4.29. The van der Waals surface area contributed by atoms with E-state index in [-0.39, 0.29) is 11.4 Å². The summed E-state index contributed by atoms with van der Waals surface area (Å²) in [5.74, 6) is -0.876. The van der Waals surface area contributed by atoms with Crippen LogP contribution in [0.3, 0.4) is 0 Å². The van der Waals surface area contributed by atoms with E-state index in [1.807, 2.05) is 0 Å². The first-order chi connectivity index (χ1) is 10.1. The van der Waals surface area contributed by atoms with Crippen molar-refractivity contribution in [2.75, 3.05) is 18.8 Å². The molecule has 2 rings (SSSR count). The fourth-order valence-corrected chi connectivity index (χ4v) is 3.24. The van der Waals surface area contributed by atoms with E-state index in [1.54, 1.807) is 12.1 Å². The molecule has 1 aliphatic heterocycles. The number of rotatable bonds is 4. The summed E-state index contributed by atoms with van der Waals surface area (Å²) in [7, 11) is 0. The molecule has 1 aromatic rings. The molecule has 0 aliphatic carbocycles. The van der Waals surface area contributed by atoms with Crippen molar-refractivity contribution in [3.63, 3.8) is 0 Å². The summed E-state index contributed by atoms with van der Waals surface area (Å²) in [5, 5.41) is 20.5. The van der Waals surface area contributed by atoms with Crippen LogP contribution in [-0.4, -0.2) is 44.5 Å². The lowest BCUT2D eigenvalue weighted by Crippen LogP contribution is -2.27. The highest BCUT2D eigenvalue weighted by Gasteiger charge is 2.22. The van der Waals surface area contributed by atoms with Crippen LogP contribution in [-0.2, 0) is 4.79 Å². The lowest BCUT2D eigenvalue weighted by molar-refractivity contribution is -0.534. The van der Waals surface area contributed by atoms with E-state index >= 15 is 0 Å². The quantitative estimate of drug-likeness (QED) is 0.399. The number of carboxylic acids is 1. The van der Waals surface area contributed by atoms with Crippen LogP contribution in [0.1, 0.15) is 24.8 Å². The SMILES string of the molecule is O=C(O)CSC(c1ccc([N+](=O)[O-])cc1)=[N+]1CCCCC1. The van der Waals surface area contributed by atoms with Crippen molar-refractivity contribution in [1.29, 1.82) is 0 Å². The highest BCUT2D eigenvalue weighted by atomic mass is 32.2. The van der Waals surface area contributed by atoms with E-state index in [0.29, 0.717) is 0 Å². The van der Waals surface area contributed by atoms with Crippen LogP contribution in [0.4, 0.5) is 5.69 Å². The van der Waals surface area contributed by atoms with Crippen molar-refractivity contribution in [3.8, 4) is 0 Å². The normalized spacial score (nSPS) is 14.8. The summed E-state index contributed by atoms with van der Waals surface area (Å²) in [6.45, 7) is 1.80. The summed E-state index contributed by atoms with van der Waals surface area (Å²) in [5.41, 5.74) is 0.883. The summed E-state index contributed by atoms with van der Waals surface area (Å²) in [4.78, 5) is 21.1. The second-order valence-electron chi connectivity index (χ2n) is 4.84. The van der Waals surface area contributed by atoms with Crippen LogP contribution in [0.2, 0.25) is 0 Å². The van der Waals surface area contributed by atoms with E-state index in [4.69, 9.17) is 5.11 Å². The number of non-ortho nitro benzene ring substituents is 1. The molecule has 0 bridgehead atoms. The number of nitro groups is 1. The largest absolute Gasteiger partial charge is 0.481 e. The highest BCUT2D eigenvalue weighted by Crippen LogP contribution is 2.19. The highest BCUT2D eigenvalue weighted by molar-refractivity contribution is 8.14. The van der Waals surface area contributed by atoms with Crippen LogP contribution in [0.5, 0.6) is 0 Å². The molecule has 1 heterocycles. The molecule has 0 aromatic heterocycles.